The minimum absolute atomic E-state index is 0.717. The Morgan fingerprint density at radius 2 is 2.00 bits per heavy atom. The molecular formula is C10H6N2S2. The van der Waals surface area contributed by atoms with Crippen LogP contribution in [-0.2, 0) is 0 Å². The zero-order chi connectivity index (χ0) is 9.80. The second-order valence-corrected chi connectivity index (χ2v) is 3.81. The van der Waals surface area contributed by atoms with Gasteiger partial charge >= 0.3 is 0 Å². The third kappa shape index (κ3) is 2.34. The number of aromatic nitrogens is 2. The van der Waals surface area contributed by atoms with Gasteiger partial charge in [0, 0.05) is 23.3 Å². The van der Waals surface area contributed by atoms with Gasteiger partial charge in [-0.1, -0.05) is 5.92 Å². The van der Waals surface area contributed by atoms with Gasteiger partial charge in [-0.25, -0.2) is 4.98 Å². The third-order valence-electron chi connectivity index (χ3n) is 1.49. The predicted octanol–water partition coefficient (Wildman–Crippen LogP) is 2.23. The van der Waals surface area contributed by atoms with E-state index in [4.69, 9.17) is 0 Å². The monoisotopic (exact) mass is 218 g/mol. The Morgan fingerprint density at radius 1 is 1.21 bits per heavy atom. The lowest BCUT2D eigenvalue weighted by Crippen LogP contribution is -1.75. The summed E-state index contributed by atoms with van der Waals surface area (Å²) in [4.78, 5) is 8.03. The lowest BCUT2D eigenvalue weighted by molar-refractivity contribution is 1.20. The van der Waals surface area contributed by atoms with Crippen molar-refractivity contribution >= 4 is 24.0 Å². The number of thiazole rings is 1. The van der Waals surface area contributed by atoms with E-state index in [1.54, 1.807) is 12.4 Å². The average Bonchev–Trinajstić information content (AvgIpc) is 2.63. The summed E-state index contributed by atoms with van der Waals surface area (Å²) in [5.74, 6) is 5.96. The summed E-state index contributed by atoms with van der Waals surface area (Å²) < 4.78 is 0. The molecule has 4 heteroatoms. The number of hydrogen-bond acceptors (Lipinski definition) is 4. The molecule has 0 unspecified atom stereocenters. The average molecular weight is 218 g/mol. The van der Waals surface area contributed by atoms with Gasteiger partial charge in [0.15, 0.2) is 5.01 Å². The molecule has 0 saturated carbocycles. The number of pyridine rings is 1. The fraction of sp³-hybridized carbons (Fsp3) is 0. The number of hydrogen-bond donors (Lipinski definition) is 1. The Balaban J connectivity index is 2.23. The maximum absolute atomic E-state index is 4.12. The van der Waals surface area contributed by atoms with E-state index < -0.39 is 0 Å². The van der Waals surface area contributed by atoms with E-state index in [0.29, 0.717) is 5.03 Å². The summed E-state index contributed by atoms with van der Waals surface area (Å²) >= 11 is 5.60. The molecule has 0 amide bonds. The molecule has 2 rings (SSSR count). The van der Waals surface area contributed by atoms with Crippen LogP contribution in [0.4, 0.5) is 0 Å². The van der Waals surface area contributed by atoms with Crippen LogP contribution in [0.1, 0.15) is 10.6 Å². The number of rotatable bonds is 0. The summed E-state index contributed by atoms with van der Waals surface area (Å²) in [6.45, 7) is 0. The Morgan fingerprint density at radius 3 is 2.64 bits per heavy atom. The molecule has 2 aromatic rings. The van der Waals surface area contributed by atoms with Crippen LogP contribution in [0, 0.1) is 11.8 Å². The molecule has 0 spiro atoms. The zero-order valence-electron chi connectivity index (χ0n) is 7.14. The van der Waals surface area contributed by atoms with Crippen molar-refractivity contribution in [1.29, 1.82) is 0 Å². The van der Waals surface area contributed by atoms with Crippen LogP contribution in [0.2, 0.25) is 0 Å². The molecule has 0 N–H and O–H groups in total. The van der Waals surface area contributed by atoms with Gasteiger partial charge < -0.3 is 0 Å². The van der Waals surface area contributed by atoms with E-state index in [2.05, 4.69) is 34.4 Å². The van der Waals surface area contributed by atoms with Gasteiger partial charge in [0.1, 0.15) is 5.03 Å². The maximum Gasteiger partial charge on any atom is 0.168 e. The lowest BCUT2D eigenvalue weighted by atomic mass is 10.3. The van der Waals surface area contributed by atoms with Gasteiger partial charge in [-0.15, -0.1) is 24.0 Å². The Kier molecular flexibility index (Phi) is 2.82. The van der Waals surface area contributed by atoms with Crippen LogP contribution in [0.3, 0.4) is 0 Å². The highest BCUT2D eigenvalue weighted by Gasteiger charge is 1.92. The molecule has 0 aromatic carbocycles. The van der Waals surface area contributed by atoms with E-state index in [1.165, 1.54) is 11.3 Å². The van der Waals surface area contributed by atoms with Crippen molar-refractivity contribution in [2.75, 3.05) is 0 Å². The molecular weight excluding hydrogens is 212 g/mol. The molecule has 0 radical (unpaired) electrons. The van der Waals surface area contributed by atoms with Crippen LogP contribution in [0.25, 0.3) is 0 Å². The van der Waals surface area contributed by atoms with Crippen LogP contribution in [0.15, 0.2) is 34.9 Å². The highest BCUT2D eigenvalue weighted by atomic mass is 32.1. The standard InChI is InChI=1S/C10H6N2S2/c13-9-7-14-10(12-9)2-1-8-3-5-11-6-4-8/h3-7,13H. The van der Waals surface area contributed by atoms with E-state index >= 15 is 0 Å². The zero-order valence-corrected chi connectivity index (χ0v) is 8.85. The van der Waals surface area contributed by atoms with E-state index in [1.807, 2.05) is 17.5 Å². The molecule has 0 fully saturated rings. The summed E-state index contributed by atoms with van der Waals surface area (Å²) in [6.07, 6.45) is 3.44. The molecule has 0 bridgehead atoms. The first-order chi connectivity index (χ1) is 6.84. The van der Waals surface area contributed by atoms with Crippen molar-refractivity contribution < 1.29 is 0 Å². The predicted molar refractivity (Wildman–Crippen MR) is 59.6 cm³/mol. The fourth-order valence-corrected chi connectivity index (χ4v) is 1.74. The van der Waals surface area contributed by atoms with E-state index in [0.717, 1.165) is 10.6 Å². The normalized spacial score (nSPS) is 9.21. The molecule has 2 aromatic heterocycles. The summed E-state index contributed by atoms with van der Waals surface area (Å²) in [5.41, 5.74) is 0.941. The fourth-order valence-electron chi connectivity index (χ4n) is 0.884. The molecule has 2 heterocycles. The Hall–Kier alpha value is -1.31. The molecule has 0 aliphatic rings. The molecule has 0 saturated heterocycles. The molecule has 68 valence electrons. The van der Waals surface area contributed by atoms with Crippen molar-refractivity contribution in [2.24, 2.45) is 0 Å². The van der Waals surface area contributed by atoms with Gasteiger partial charge in [-0.05, 0) is 18.1 Å². The Labute approximate surface area is 91.5 Å². The van der Waals surface area contributed by atoms with E-state index in [9.17, 15) is 0 Å². The van der Waals surface area contributed by atoms with E-state index in [-0.39, 0.29) is 0 Å². The molecule has 14 heavy (non-hydrogen) atoms. The van der Waals surface area contributed by atoms with Gasteiger partial charge in [0.05, 0.1) is 0 Å². The van der Waals surface area contributed by atoms with Crippen LogP contribution < -0.4 is 0 Å². The first kappa shape index (κ1) is 9.25. The highest BCUT2D eigenvalue weighted by Crippen LogP contribution is 2.11. The van der Waals surface area contributed by atoms with Gasteiger partial charge in [-0.2, -0.15) is 0 Å². The van der Waals surface area contributed by atoms with Crippen molar-refractivity contribution in [3.05, 3.63) is 40.5 Å². The smallest absolute Gasteiger partial charge is 0.168 e. The molecule has 0 aliphatic carbocycles. The lowest BCUT2D eigenvalue weighted by Gasteiger charge is -1.84. The SMILES string of the molecule is Sc1csc(C#Cc2ccncc2)n1. The van der Waals surface area contributed by atoms with Crippen molar-refractivity contribution in [1.82, 2.24) is 9.97 Å². The summed E-state index contributed by atoms with van der Waals surface area (Å²) in [6, 6.07) is 3.73. The minimum atomic E-state index is 0.717. The van der Waals surface area contributed by atoms with Crippen molar-refractivity contribution in [3.63, 3.8) is 0 Å². The molecule has 0 aliphatic heterocycles. The second kappa shape index (κ2) is 4.27. The van der Waals surface area contributed by atoms with Crippen LogP contribution in [0.5, 0.6) is 0 Å². The topological polar surface area (TPSA) is 25.8 Å². The first-order valence-electron chi connectivity index (χ1n) is 3.91. The number of thiol groups is 1. The molecule has 2 nitrogen and oxygen atoms in total. The largest absolute Gasteiger partial charge is 0.265 e. The first-order valence-corrected chi connectivity index (χ1v) is 5.24. The maximum atomic E-state index is 4.12. The minimum Gasteiger partial charge on any atom is -0.265 e. The van der Waals surface area contributed by atoms with Crippen LogP contribution in [-0.4, -0.2) is 9.97 Å². The quantitative estimate of drug-likeness (QED) is 0.542. The van der Waals surface area contributed by atoms with Gasteiger partial charge in [0.2, 0.25) is 0 Å². The third-order valence-corrected chi connectivity index (χ3v) is 2.65. The summed E-state index contributed by atoms with van der Waals surface area (Å²) in [7, 11) is 0. The molecule has 0 atom stereocenters. The Bertz CT molecular complexity index is 480. The highest BCUT2D eigenvalue weighted by molar-refractivity contribution is 7.80. The number of nitrogens with zero attached hydrogens (tertiary/aromatic N) is 2. The van der Waals surface area contributed by atoms with Crippen molar-refractivity contribution in [2.45, 2.75) is 5.03 Å². The second-order valence-electron chi connectivity index (χ2n) is 2.50. The van der Waals surface area contributed by atoms with Crippen LogP contribution >= 0.6 is 24.0 Å². The van der Waals surface area contributed by atoms with Gasteiger partial charge in [-0.3, -0.25) is 4.98 Å². The summed E-state index contributed by atoms with van der Waals surface area (Å²) in [5, 5.41) is 3.36. The van der Waals surface area contributed by atoms with Gasteiger partial charge in [0.25, 0.3) is 0 Å². The van der Waals surface area contributed by atoms with Crippen molar-refractivity contribution in [3.8, 4) is 11.8 Å².